The lowest BCUT2D eigenvalue weighted by molar-refractivity contribution is -0.133. The molecule has 0 saturated carbocycles. The lowest BCUT2D eigenvalue weighted by Crippen LogP contribution is -2.63. The van der Waals surface area contributed by atoms with Gasteiger partial charge in [-0.1, -0.05) is 24.3 Å². The smallest absolute Gasteiger partial charge is 0.222 e. The third kappa shape index (κ3) is 1.07. The molecular formula is C12H13NO. The fraction of sp³-hybridized carbons (Fsp3) is 0.417. The molecule has 1 aliphatic carbocycles. The Kier molecular flexibility index (Phi) is 1.49. The number of fused-ring (bicyclic) bond motifs is 1. The zero-order chi connectivity index (χ0) is 9.60. The lowest BCUT2D eigenvalue weighted by atomic mass is 9.72. The molecule has 72 valence electrons. The first-order valence-electron chi connectivity index (χ1n) is 5.15. The van der Waals surface area contributed by atoms with Crippen LogP contribution >= 0.6 is 0 Å². The van der Waals surface area contributed by atoms with Crippen molar-refractivity contribution in [2.75, 3.05) is 0 Å². The highest BCUT2D eigenvalue weighted by Gasteiger charge is 2.44. The summed E-state index contributed by atoms with van der Waals surface area (Å²) in [4.78, 5) is 11.0. The van der Waals surface area contributed by atoms with E-state index in [4.69, 9.17) is 0 Å². The molecule has 0 aromatic heterocycles. The molecule has 1 aromatic carbocycles. The van der Waals surface area contributed by atoms with Crippen molar-refractivity contribution in [1.82, 2.24) is 5.32 Å². The van der Waals surface area contributed by atoms with E-state index in [0.29, 0.717) is 0 Å². The van der Waals surface area contributed by atoms with Crippen LogP contribution in [0.25, 0.3) is 0 Å². The van der Waals surface area contributed by atoms with Crippen LogP contribution in [0.1, 0.15) is 24.0 Å². The molecule has 1 aliphatic heterocycles. The second-order valence-electron chi connectivity index (χ2n) is 4.45. The van der Waals surface area contributed by atoms with Crippen molar-refractivity contribution in [1.29, 1.82) is 0 Å². The summed E-state index contributed by atoms with van der Waals surface area (Å²) in [7, 11) is 0. The number of carbonyl (C=O) groups is 1. The molecule has 2 heteroatoms. The zero-order valence-corrected chi connectivity index (χ0v) is 8.05. The van der Waals surface area contributed by atoms with Gasteiger partial charge in [-0.3, -0.25) is 4.79 Å². The second kappa shape index (κ2) is 2.59. The summed E-state index contributed by atoms with van der Waals surface area (Å²) in [5.41, 5.74) is 2.99. The molecule has 2 aliphatic rings. The van der Waals surface area contributed by atoms with E-state index >= 15 is 0 Å². The van der Waals surface area contributed by atoms with Crippen LogP contribution in [0.2, 0.25) is 0 Å². The topological polar surface area (TPSA) is 29.1 Å². The van der Waals surface area contributed by atoms with Crippen molar-refractivity contribution in [3.8, 4) is 0 Å². The highest BCUT2D eigenvalue weighted by molar-refractivity contribution is 5.85. The Morgan fingerprint density at radius 3 is 2.57 bits per heavy atom. The summed E-state index contributed by atoms with van der Waals surface area (Å²) in [6, 6.07) is 8.55. The van der Waals surface area contributed by atoms with E-state index in [1.807, 2.05) is 0 Å². The van der Waals surface area contributed by atoms with E-state index in [0.717, 1.165) is 25.7 Å². The van der Waals surface area contributed by atoms with Crippen molar-refractivity contribution in [2.45, 2.75) is 31.2 Å². The van der Waals surface area contributed by atoms with Gasteiger partial charge in [-0.05, 0) is 30.4 Å². The van der Waals surface area contributed by atoms with Crippen LogP contribution in [0.3, 0.4) is 0 Å². The van der Waals surface area contributed by atoms with Gasteiger partial charge in [0, 0.05) is 0 Å². The van der Waals surface area contributed by atoms with Crippen molar-refractivity contribution in [3.05, 3.63) is 35.4 Å². The first-order valence-corrected chi connectivity index (χ1v) is 5.15. The third-order valence-corrected chi connectivity index (χ3v) is 3.42. The van der Waals surface area contributed by atoms with Gasteiger partial charge in [0.05, 0.1) is 12.0 Å². The number of carbonyl (C=O) groups excluding carboxylic acids is 1. The molecule has 1 atom stereocenters. The van der Waals surface area contributed by atoms with E-state index in [1.54, 1.807) is 0 Å². The quantitative estimate of drug-likeness (QED) is 0.612. The average molecular weight is 187 g/mol. The molecule has 1 amide bonds. The van der Waals surface area contributed by atoms with Gasteiger partial charge in [0.15, 0.2) is 0 Å². The van der Waals surface area contributed by atoms with Gasteiger partial charge in [-0.15, -0.1) is 0 Å². The number of rotatable bonds is 0. The average Bonchev–Trinajstić information content (AvgIpc) is 2.16. The predicted octanol–water partition coefficient (Wildman–Crippen LogP) is 1.43. The summed E-state index contributed by atoms with van der Waals surface area (Å²) >= 11 is 0. The maximum Gasteiger partial charge on any atom is 0.222 e. The van der Waals surface area contributed by atoms with Gasteiger partial charge in [-0.25, -0.2) is 0 Å². The molecule has 0 bridgehead atoms. The first-order chi connectivity index (χ1) is 6.77. The first kappa shape index (κ1) is 8.04. The molecule has 3 rings (SSSR count). The highest BCUT2D eigenvalue weighted by atomic mass is 16.2. The fourth-order valence-corrected chi connectivity index (χ4v) is 2.64. The second-order valence-corrected chi connectivity index (χ2v) is 4.45. The number of β-lactam (4-membered cyclic amide) rings is 1. The normalized spacial score (nSPS) is 29.3. The Hall–Kier alpha value is -1.31. The van der Waals surface area contributed by atoms with Gasteiger partial charge >= 0.3 is 0 Å². The monoisotopic (exact) mass is 187 g/mol. The van der Waals surface area contributed by atoms with Crippen LogP contribution in [0.4, 0.5) is 0 Å². The van der Waals surface area contributed by atoms with Crippen LogP contribution < -0.4 is 5.32 Å². The number of nitrogens with one attached hydrogen (secondary N) is 1. The summed E-state index contributed by atoms with van der Waals surface area (Å²) in [5.74, 6) is 0.212. The minimum absolute atomic E-state index is 0.117. The molecule has 1 unspecified atom stereocenters. The standard InChI is InChI=1S/C12H13NO/c14-11-8-12(13-11)6-5-9-3-1-2-4-10(9)7-12/h1-4H,5-8H2,(H,13,14). The van der Waals surface area contributed by atoms with Crippen molar-refractivity contribution in [3.63, 3.8) is 0 Å². The number of hydrogen-bond acceptors (Lipinski definition) is 1. The van der Waals surface area contributed by atoms with Crippen molar-refractivity contribution in [2.24, 2.45) is 0 Å². The van der Waals surface area contributed by atoms with Crippen LogP contribution in [-0.4, -0.2) is 11.4 Å². The van der Waals surface area contributed by atoms with Gasteiger partial charge in [0.2, 0.25) is 5.91 Å². The summed E-state index contributed by atoms with van der Waals surface area (Å²) in [6.07, 6.45) is 3.96. The Morgan fingerprint density at radius 1 is 1.14 bits per heavy atom. The van der Waals surface area contributed by atoms with Crippen molar-refractivity contribution >= 4 is 5.91 Å². The van der Waals surface area contributed by atoms with Crippen LogP contribution in [-0.2, 0) is 17.6 Å². The SMILES string of the molecule is O=C1CC2(CCc3ccccc3C2)N1. The Morgan fingerprint density at radius 2 is 1.86 bits per heavy atom. The van der Waals surface area contributed by atoms with E-state index in [-0.39, 0.29) is 11.4 Å². The number of amides is 1. The lowest BCUT2D eigenvalue weighted by Gasteiger charge is -2.45. The van der Waals surface area contributed by atoms with Gasteiger partial charge in [-0.2, -0.15) is 0 Å². The summed E-state index contributed by atoms with van der Waals surface area (Å²) < 4.78 is 0. The van der Waals surface area contributed by atoms with Crippen LogP contribution in [0, 0.1) is 0 Å². The molecule has 14 heavy (non-hydrogen) atoms. The minimum atomic E-state index is 0.117. The van der Waals surface area contributed by atoms with Crippen LogP contribution in [0.5, 0.6) is 0 Å². The molecule has 1 saturated heterocycles. The zero-order valence-electron chi connectivity index (χ0n) is 8.05. The van der Waals surface area contributed by atoms with Gasteiger partial charge in [0.1, 0.15) is 0 Å². The minimum Gasteiger partial charge on any atom is -0.350 e. The van der Waals surface area contributed by atoms with E-state index in [1.165, 1.54) is 11.1 Å². The Balaban J connectivity index is 1.90. The maximum absolute atomic E-state index is 11.0. The molecule has 2 nitrogen and oxygen atoms in total. The Bertz CT molecular complexity index is 389. The molecule has 1 aromatic rings. The number of aryl methyl sites for hydroxylation is 1. The van der Waals surface area contributed by atoms with Gasteiger partial charge < -0.3 is 5.32 Å². The number of benzene rings is 1. The molecule has 1 spiro atoms. The fourth-order valence-electron chi connectivity index (χ4n) is 2.64. The highest BCUT2D eigenvalue weighted by Crippen LogP contribution is 2.35. The van der Waals surface area contributed by atoms with E-state index < -0.39 is 0 Å². The predicted molar refractivity (Wildman–Crippen MR) is 54.0 cm³/mol. The molecule has 1 heterocycles. The number of hydrogen-bond donors (Lipinski definition) is 1. The Labute approximate surface area is 83.3 Å². The summed E-state index contributed by atoms with van der Waals surface area (Å²) in [5, 5.41) is 3.06. The van der Waals surface area contributed by atoms with Crippen LogP contribution in [0.15, 0.2) is 24.3 Å². The van der Waals surface area contributed by atoms with Gasteiger partial charge in [0.25, 0.3) is 0 Å². The molecule has 0 radical (unpaired) electrons. The molecule has 1 fully saturated rings. The molecule has 1 N–H and O–H groups in total. The van der Waals surface area contributed by atoms with E-state index in [9.17, 15) is 4.79 Å². The van der Waals surface area contributed by atoms with E-state index in [2.05, 4.69) is 29.6 Å². The molecular weight excluding hydrogens is 174 g/mol. The third-order valence-electron chi connectivity index (χ3n) is 3.42. The summed E-state index contributed by atoms with van der Waals surface area (Å²) in [6.45, 7) is 0. The maximum atomic E-state index is 11.0. The van der Waals surface area contributed by atoms with Crippen molar-refractivity contribution < 1.29 is 4.79 Å². The largest absolute Gasteiger partial charge is 0.350 e.